The number of ether oxygens (including phenoxy) is 1. The van der Waals surface area contributed by atoms with Crippen molar-refractivity contribution in [3.8, 4) is 0 Å². The summed E-state index contributed by atoms with van der Waals surface area (Å²) in [6.07, 6.45) is 2.32. The molecular weight excluding hydrogens is 260 g/mol. The standard InChI is InChI=1S/C13H16N4O3/c18-13(19)10-1-2-11-14-15-12(17(11)9-10)3-4-16-5-7-20-8-6-16/h1-2,9H,3-8H2,(H,18,19). The molecule has 0 amide bonds. The Balaban J connectivity index is 1.76. The molecule has 1 fully saturated rings. The van der Waals surface area contributed by atoms with Crippen LogP contribution >= 0.6 is 0 Å². The van der Waals surface area contributed by atoms with Gasteiger partial charge in [-0.05, 0) is 12.1 Å². The summed E-state index contributed by atoms with van der Waals surface area (Å²) in [6.45, 7) is 4.27. The fourth-order valence-corrected chi connectivity index (χ4v) is 2.32. The predicted molar refractivity (Wildman–Crippen MR) is 70.9 cm³/mol. The molecular formula is C13H16N4O3. The second-order valence-electron chi connectivity index (χ2n) is 4.77. The van der Waals surface area contributed by atoms with Gasteiger partial charge in [0.05, 0.1) is 18.8 Å². The fraction of sp³-hybridized carbons (Fsp3) is 0.462. The van der Waals surface area contributed by atoms with Gasteiger partial charge in [0.25, 0.3) is 0 Å². The Kier molecular flexibility index (Phi) is 3.62. The maximum Gasteiger partial charge on any atom is 0.337 e. The van der Waals surface area contributed by atoms with Crippen LogP contribution in [0.4, 0.5) is 0 Å². The molecule has 0 saturated carbocycles. The predicted octanol–water partition coefficient (Wildman–Crippen LogP) is 0.302. The molecule has 1 aliphatic rings. The summed E-state index contributed by atoms with van der Waals surface area (Å²) in [6, 6.07) is 3.22. The second kappa shape index (κ2) is 5.56. The molecule has 1 N–H and O–H groups in total. The van der Waals surface area contributed by atoms with E-state index in [0.29, 0.717) is 5.65 Å². The van der Waals surface area contributed by atoms with Crippen molar-refractivity contribution < 1.29 is 14.6 Å². The number of hydrogen-bond donors (Lipinski definition) is 1. The largest absolute Gasteiger partial charge is 0.478 e. The zero-order valence-electron chi connectivity index (χ0n) is 11.0. The van der Waals surface area contributed by atoms with Crippen LogP contribution in [0.1, 0.15) is 16.2 Å². The summed E-state index contributed by atoms with van der Waals surface area (Å²) in [5, 5.41) is 17.2. The fourth-order valence-electron chi connectivity index (χ4n) is 2.32. The van der Waals surface area contributed by atoms with Gasteiger partial charge in [0.1, 0.15) is 5.82 Å². The van der Waals surface area contributed by atoms with Crippen LogP contribution < -0.4 is 0 Å². The van der Waals surface area contributed by atoms with Crippen molar-refractivity contribution in [3.63, 3.8) is 0 Å². The van der Waals surface area contributed by atoms with Crippen molar-refractivity contribution >= 4 is 11.6 Å². The zero-order chi connectivity index (χ0) is 13.9. The van der Waals surface area contributed by atoms with E-state index in [0.717, 1.165) is 45.1 Å². The third kappa shape index (κ3) is 2.63. The number of aromatic nitrogens is 3. The van der Waals surface area contributed by atoms with Gasteiger partial charge >= 0.3 is 5.97 Å². The molecule has 2 aromatic heterocycles. The van der Waals surface area contributed by atoms with Crippen LogP contribution in [-0.2, 0) is 11.2 Å². The first-order chi connectivity index (χ1) is 9.74. The molecule has 2 aromatic rings. The van der Waals surface area contributed by atoms with Crippen LogP contribution in [0.5, 0.6) is 0 Å². The minimum atomic E-state index is -0.945. The van der Waals surface area contributed by atoms with Crippen molar-refractivity contribution in [1.82, 2.24) is 19.5 Å². The lowest BCUT2D eigenvalue weighted by Gasteiger charge is -2.26. The van der Waals surface area contributed by atoms with E-state index in [1.54, 1.807) is 16.7 Å². The lowest BCUT2D eigenvalue weighted by molar-refractivity contribution is 0.0382. The summed E-state index contributed by atoms with van der Waals surface area (Å²) in [4.78, 5) is 13.3. The van der Waals surface area contributed by atoms with Crippen molar-refractivity contribution in [2.45, 2.75) is 6.42 Å². The molecule has 0 aromatic carbocycles. The third-order valence-corrected chi connectivity index (χ3v) is 3.48. The van der Waals surface area contributed by atoms with Crippen molar-refractivity contribution in [2.24, 2.45) is 0 Å². The third-order valence-electron chi connectivity index (χ3n) is 3.48. The van der Waals surface area contributed by atoms with Gasteiger partial charge in [0.15, 0.2) is 5.65 Å². The normalized spacial score (nSPS) is 16.6. The van der Waals surface area contributed by atoms with Gasteiger partial charge in [-0.2, -0.15) is 0 Å². The molecule has 106 valence electrons. The van der Waals surface area contributed by atoms with Gasteiger partial charge in [0.2, 0.25) is 0 Å². The van der Waals surface area contributed by atoms with E-state index in [1.807, 2.05) is 0 Å². The highest BCUT2D eigenvalue weighted by Crippen LogP contribution is 2.09. The summed E-state index contributed by atoms with van der Waals surface area (Å²) < 4.78 is 7.06. The molecule has 0 bridgehead atoms. The molecule has 7 nitrogen and oxygen atoms in total. The Labute approximate surface area is 115 Å². The lowest BCUT2D eigenvalue weighted by atomic mass is 10.3. The van der Waals surface area contributed by atoms with E-state index in [9.17, 15) is 4.79 Å². The van der Waals surface area contributed by atoms with Gasteiger partial charge in [-0.3, -0.25) is 9.30 Å². The van der Waals surface area contributed by atoms with Crippen LogP contribution in [0.2, 0.25) is 0 Å². The Morgan fingerprint density at radius 1 is 1.30 bits per heavy atom. The molecule has 3 heterocycles. The summed E-state index contributed by atoms with van der Waals surface area (Å²) in [7, 11) is 0. The van der Waals surface area contributed by atoms with Gasteiger partial charge in [0, 0.05) is 32.3 Å². The first kappa shape index (κ1) is 13.0. The number of nitrogens with zero attached hydrogens (tertiary/aromatic N) is 4. The van der Waals surface area contributed by atoms with E-state index < -0.39 is 5.97 Å². The highest BCUT2D eigenvalue weighted by atomic mass is 16.5. The first-order valence-electron chi connectivity index (χ1n) is 6.61. The van der Waals surface area contributed by atoms with E-state index in [1.165, 1.54) is 6.07 Å². The van der Waals surface area contributed by atoms with E-state index in [2.05, 4.69) is 15.1 Å². The van der Waals surface area contributed by atoms with Gasteiger partial charge < -0.3 is 9.84 Å². The molecule has 0 aliphatic carbocycles. The van der Waals surface area contributed by atoms with Crippen LogP contribution in [0.25, 0.3) is 5.65 Å². The Morgan fingerprint density at radius 3 is 2.85 bits per heavy atom. The number of rotatable bonds is 4. The van der Waals surface area contributed by atoms with Crippen LogP contribution in [0.3, 0.4) is 0 Å². The minimum Gasteiger partial charge on any atom is -0.478 e. The zero-order valence-corrected chi connectivity index (χ0v) is 11.0. The quantitative estimate of drug-likeness (QED) is 0.865. The van der Waals surface area contributed by atoms with Crippen LogP contribution in [-0.4, -0.2) is 63.4 Å². The molecule has 3 rings (SSSR count). The number of pyridine rings is 1. The number of aromatic carboxylic acids is 1. The van der Waals surface area contributed by atoms with Crippen LogP contribution in [0, 0.1) is 0 Å². The Bertz CT molecular complexity index is 619. The van der Waals surface area contributed by atoms with Crippen LogP contribution in [0.15, 0.2) is 18.3 Å². The summed E-state index contributed by atoms with van der Waals surface area (Å²) in [5.41, 5.74) is 0.914. The lowest BCUT2D eigenvalue weighted by Crippen LogP contribution is -2.37. The van der Waals surface area contributed by atoms with Crippen molar-refractivity contribution in [2.75, 3.05) is 32.8 Å². The molecule has 0 unspecified atom stereocenters. The number of carboxylic acids is 1. The maximum absolute atomic E-state index is 11.0. The van der Waals surface area contributed by atoms with Crippen molar-refractivity contribution in [1.29, 1.82) is 0 Å². The Hall–Kier alpha value is -1.99. The molecule has 1 saturated heterocycles. The second-order valence-corrected chi connectivity index (χ2v) is 4.77. The van der Waals surface area contributed by atoms with Gasteiger partial charge in [-0.1, -0.05) is 0 Å². The average Bonchev–Trinajstić information content (AvgIpc) is 2.88. The SMILES string of the molecule is O=C(O)c1ccc2nnc(CCN3CCOCC3)n2c1. The minimum absolute atomic E-state index is 0.241. The van der Waals surface area contributed by atoms with Gasteiger partial charge in [-0.15, -0.1) is 10.2 Å². The highest BCUT2D eigenvalue weighted by Gasteiger charge is 2.13. The molecule has 20 heavy (non-hydrogen) atoms. The molecule has 7 heteroatoms. The number of hydrogen-bond acceptors (Lipinski definition) is 5. The topological polar surface area (TPSA) is 80.0 Å². The first-order valence-corrected chi connectivity index (χ1v) is 6.61. The average molecular weight is 276 g/mol. The molecule has 0 atom stereocenters. The smallest absolute Gasteiger partial charge is 0.337 e. The summed E-state index contributed by atoms with van der Waals surface area (Å²) in [5.74, 6) is -0.158. The number of fused-ring (bicyclic) bond motifs is 1. The number of morpholine rings is 1. The highest BCUT2D eigenvalue weighted by molar-refractivity contribution is 5.87. The summed E-state index contributed by atoms with van der Waals surface area (Å²) >= 11 is 0. The van der Waals surface area contributed by atoms with E-state index in [-0.39, 0.29) is 5.56 Å². The molecule has 0 spiro atoms. The Morgan fingerprint density at radius 2 is 2.10 bits per heavy atom. The number of carboxylic acid groups (broad SMARTS) is 1. The van der Waals surface area contributed by atoms with Gasteiger partial charge in [-0.25, -0.2) is 4.79 Å². The number of carbonyl (C=O) groups is 1. The molecule has 0 radical (unpaired) electrons. The van der Waals surface area contributed by atoms with Crippen molar-refractivity contribution in [3.05, 3.63) is 29.7 Å². The van der Waals surface area contributed by atoms with E-state index in [4.69, 9.17) is 9.84 Å². The molecule has 1 aliphatic heterocycles. The maximum atomic E-state index is 11.0. The van der Waals surface area contributed by atoms with E-state index >= 15 is 0 Å². The monoisotopic (exact) mass is 276 g/mol.